The molecular formula is C10H12F6O4S2. The number of halogens is 6. The number of sulfone groups is 2. The lowest BCUT2D eigenvalue weighted by molar-refractivity contribution is -0.0482. The monoisotopic (exact) mass is 374 g/mol. The van der Waals surface area contributed by atoms with Gasteiger partial charge in [0, 0.05) is 0 Å². The van der Waals surface area contributed by atoms with Crippen molar-refractivity contribution in [3.05, 3.63) is 0 Å². The summed E-state index contributed by atoms with van der Waals surface area (Å²) in [5.41, 5.74) is -12.1. The molecule has 0 aromatic carbocycles. The summed E-state index contributed by atoms with van der Waals surface area (Å²) in [7, 11) is -13.0. The third-order valence-corrected chi connectivity index (χ3v) is 9.13. The SMILES string of the molecule is O=S(=O)(C(C1CC2CCC1C2)S(=O)(=O)C(F)(F)F)C(F)(F)F. The lowest BCUT2D eigenvalue weighted by Gasteiger charge is -2.30. The molecule has 0 aliphatic heterocycles. The van der Waals surface area contributed by atoms with Gasteiger partial charge in [-0.25, -0.2) is 16.8 Å². The summed E-state index contributed by atoms with van der Waals surface area (Å²) in [4.78, 5) is 0. The highest BCUT2D eigenvalue weighted by Crippen LogP contribution is 2.54. The molecule has 0 N–H and O–H groups in total. The van der Waals surface area contributed by atoms with E-state index in [2.05, 4.69) is 0 Å². The Balaban J connectivity index is 2.57. The summed E-state index contributed by atoms with van der Waals surface area (Å²) >= 11 is 0. The molecule has 4 nitrogen and oxygen atoms in total. The zero-order chi connectivity index (χ0) is 17.1. The fraction of sp³-hybridized carbons (Fsp3) is 1.00. The third kappa shape index (κ3) is 2.61. The molecule has 3 unspecified atom stereocenters. The zero-order valence-corrected chi connectivity index (χ0v) is 12.5. The molecule has 0 aromatic rings. The Labute approximate surface area is 122 Å². The Bertz CT molecular complexity index is 604. The smallest absolute Gasteiger partial charge is 0.218 e. The van der Waals surface area contributed by atoms with Crippen LogP contribution in [0.1, 0.15) is 25.7 Å². The maximum Gasteiger partial charge on any atom is 0.498 e. The van der Waals surface area contributed by atoms with Crippen molar-refractivity contribution in [2.45, 2.75) is 41.3 Å². The Morgan fingerprint density at radius 3 is 1.50 bits per heavy atom. The minimum Gasteiger partial charge on any atom is -0.218 e. The van der Waals surface area contributed by atoms with Gasteiger partial charge < -0.3 is 0 Å². The largest absolute Gasteiger partial charge is 0.498 e. The summed E-state index contributed by atoms with van der Waals surface area (Å²) < 4.78 is 119. The van der Waals surface area contributed by atoms with E-state index in [0.717, 1.165) is 0 Å². The Morgan fingerprint density at radius 1 is 0.773 bits per heavy atom. The quantitative estimate of drug-likeness (QED) is 0.713. The molecule has 3 atom stereocenters. The second-order valence-corrected chi connectivity index (χ2v) is 10.1. The van der Waals surface area contributed by atoms with Gasteiger partial charge in [-0.2, -0.15) is 26.3 Å². The Morgan fingerprint density at radius 2 is 1.23 bits per heavy atom. The van der Waals surface area contributed by atoms with Crippen LogP contribution in [-0.2, 0) is 19.7 Å². The minimum absolute atomic E-state index is 0.218. The Kier molecular flexibility index (Phi) is 4.04. The van der Waals surface area contributed by atoms with Crippen LogP contribution in [0.15, 0.2) is 0 Å². The van der Waals surface area contributed by atoms with Crippen molar-refractivity contribution >= 4 is 19.7 Å². The van der Waals surface area contributed by atoms with Crippen molar-refractivity contribution in [3.63, 3.8) is 0 Å². The highest BCUT2D eigenvalue weighted by Gasteiger charge is 2.67. The number of hydrogen-bond donors (Lipinski definition) is 0. The Hall–Kier alpha value is -0.520. The van der Waals surface area contributed by atoms with Crippen molar-refractivity contribution in [1.29, 1.82) is 0 Å². The lowest BCUT2D eigenvalue weighted by atomic mass is 9.90. The van der Waals surface area contributed by atoms with Gasteiger partial charge >= 0.3 is 11.0 Å². The van der Waals surface area contributed by atoms with Crippen LogP contribution in [0.2, 0.25) is 0 Å². The van der Waals surface area contributed by atoms with Crippen LogP contribution in [0.25, 0.3) is 0 Å². The molecule has 0 radical (unpaired) electrons. The normalized spacial score (nSPS) is 30.2. The van der Waals surface area contributed by atoms with Crippen molar-refractivity contribution in [3.8, 4) is 0 Å². The van der Waals surface area contributed by atoms with Crippen LogP contribution in [0.3, 0.4) is 0 Å². The average molecular weight is 374 g/mol. The van der Waals surface area contributed by atoms with Crippen LogP contribution < -0.4 is 0 Å². The number of fused-ring (bicyclic) bond motifs is 2. The van der Waals surface area contributed by atoms with Gasteiger partial charge in [-0.15, -0.1) is 0 Å². The zero-order valence-electron chi connectivity index (χ0n) is 10.9. The maximum absolute atomic E-state index is 12.7. The van der Waals surface area contributed by atoms with E-state index < -0.39 is 47.1 Å². The van der Waals surface area contributed by atoms with Gasteiger partial charge in [-0.3, -0.25) is 0 Å². The maximum atomic E-state index is 12.7. The molecule has 12 heteroatoms. The molecule has 0 heterocycles. The third-order valence-electron chi connectivity index (χ3n) is 4.40. The van der Waals surface area contributed by atoms with Crippen LogP contribution >= 0.6 is 0 Å². The van der Waals surface area contributed by atoms with Gasteiger partial charge in [-0.05, 0) is 37.0 Å². The van der Waals surface area contributed by atoms with Crippen LogP contribution in [0.4, 0.5) is 26.3 Å². The van der Waals surface area contributed by atoms with Gasteiger partial charge in [0.2, 0.25) is 0 Å². The van der Waals surface area contributed by atoms with Crippen LogP contribution in [0, 0.1) is 17.8 Å². The molecule has 2 fully saturated rings. The van der Waals surface area contributed by atoms with Gasteiger partial charge in [0.1, 0.15) is 0 Å². The van der Waals surface area contributed by atoms with Gasteiger partial charge in [0.05, 0.1) is 0 Å². The van der Waals surface area contributed by atoms with Gasteiger partial charge in [0.25, 0.3) is 19.7 Å². The first-order valence-corrected chi connectivity index (χ1v) is 9.39. The lowest BCUT2D eigenvalue weighted by Crippen LogP contribution is -2.50. The molecule has 2 aliphatic rings. The highest BCUT2D eigenvalue weighted by atomic mass is 32.3. The van der Waals surface area contributed by atoms with E-state index in [9.17, 15) is 43.2 Å². The molecular weight excluding hydrogens is 362 g/mol. The van der Waals surface area contributed by atoms with E-state index in [1.165, 1.54) is 0 Å². The fourth-order valence-electron chi connectivity index (χ4n) is 3.52. The molecule has 0 saturated heterocycles. The molecule has 2 aliphatic carbocycles. The number of rotatable bonds is 3. The van der Waals surface area contributed by atoms with Crippen LogP contribution in [0.5, 0.6) is 0 Å². The molecule has 2 saturated carbocycles. The molecule has 0 spiro atoms. The van der Waals surface area contributed by atoms with E-state index in [1.807, 2.05) is 0 Å². The van der Waals surface area contributed by atoms with Gasteiger partial charge in [-0.1, -0.05) is 6.42 Å². The highest BCUT2D eigenvalue weighted by molar-refractivity contribution is 8.09. The first-order chi connectivity index (χ1) is 9.69. The van der Waals surface area contributed by atoms with Crippen molar-refractivity contribution in [2.75, 3.05) is 0 Å². The average Bonchev–Trinajstić information content (AvgIpc) is 2.86. The second kappa shape index (κ2) is 4.99. The predicted molar refractivity (Wildman–Crippen MR) is 62.7 cm³/mol. The van der Waals surface area contributed by atoms with Crippen molar-refractivity contribution in [1.82, 2.24) is 0 Å². The van der Waals surface area contributed by atoms with Crippen molar-refractivity contribution < 1.29 is 43.2 Å². The molecule has 22 heavy (non-hydrogen) atoms. The second-order valence-electron chi connectivity index (χ2n) is 5.69. The van der Waals surface area contributed by atoms with E-state index in [1.54, 1.807) is 0 Å². The minimum atomic E-state index is -6.49. The summed E-state index contributed by atoms with van der Waals surface area (Å²) in [6.45, 7) is 0. The standard InChI is InChI=1S/C10H12F6O4S2/c11-9(12,13)21(17,18)8(22(19,20)10(14,15)16)7-4-5-1-2-6(7)3-5/h5-8H,1-4H2. The summed E-state index contributed by atoms with van der Waals surface area (Å²) in [5.74, 6) is -2.63. The summed E-state index contributed by atoms with van der Waals surface area (Å²) in [5, 5.41) is 0. The van der Waals surface area contributed by atoms with Gasteiger partial charge in [0.15, 0.2) is 4.58 Å². The first kappa shape index (κ1) is 17.8. The van der Waals surface area contributed by atoms with Crippen molar-refractivity contribution in [2.24, 2.45) is 17.8 Å². The van der Waals surface area contributed by atoms with E-state index >= 15 is 0 Å². The van der Waals surface area contributed by atoms with E-state index in [-0.39, 0.29) is 25.2 Å². The molecule has 0 amide bonds. The number of alkyl halides is 6. The first-order valence-electron chi connectivity index (χ1n) is 6.30. The summed E-state index contributed by atoms with van der Waals surface area (Å²) in [6.07, 6.45) is 0.820. The number of hydrogen-bond acceptors (Lipinski definition) is 4. The molecule has 2 rings (SSSR count). The molecule has 130 valence electrons. The molecule has 2 bridgehead atoms. The fourth-order valence-corrected chi connectivity index (χ4v) is 7.62. The summed E-state index contributed by atoms with van der Waals surface area (Å²) in [6, 6.07) is 0. The molecule has 0 aromatic heterocycles. The topological polar surface area (TPSA) is 68.3 Å². The van der Waals surface area contributed by atoms with E-state index in [0.29, 0.717) is 6.42 Å². The van der Waals surface area contributed by atoms with E-state index in [4.69, 9.17) is 0 Å². The van der Waals surface area contributed by atoms with Crippen LogP contribution in [-0.4, -0.2) is 32.4 Å². The predicted octanol–water partition coefficient (Wildman–Crippen LogP) is 2.62.